The van der Waals surface area contributed by atoms with Crippen molar-refractivity contribution >= 4 is 0 Å². The van der Waals surface area contributed by atoms with E-state index in [9.17, 15) is 0 Å². The van der Waals surface area contributed by atoms with Crippen LogP contribution in [0.4, 0.5) is 0 Å². The maximum Gasteiger partial charge on any atom is 0.0757 e. The van der Waals surface area contributed by atoms with Gasteiger partial charge in [0, 0.05) is 18.7 Å². The third-order valence-electron chi connectivity index (χ3n) is 4.55. The standard InChI is InChI=1S/C15H29NO/c1-4-11(3)10-13(5-2)16-14-8-9-17-15(14)12-6-7-12/h11-16H,4-10H2,1-3H3. The van der Waals surface area contributed by atoms with E-state index in [1.165, 1.54) is 38.5 Å². The Morgan fingerprint density at radius 2 is 1.94 bits per heavy atom. The summed E-state index contributed by atoms with van der Waals surface area (Å²) in [5, 5.41) is 3.88. The molecule has 0 aromatic heterocycles. The molecule has 1 saturated carbocycles. The summed E-state index contributed by atoms with van der Waals surface area (Å²) < 4.78 is 5.90. The highest BCUT2D eigenvalue weighted by atomic mass is 16.5. The Balaban J connectivity index is 1.80. The van der Waals surface area contributed by atoms with Crippen molar-refractivity contribution in [1.82, 2.24) is 5.32 Å². The highest BCUT2D eigenvalue weighted by Gasteiger charge is 2.40. The smallest absolute Gasteiger partial charge is 0.0757 e. The van der Waals surface area contributed by atoms with Gasteiger partial charge in [0.1, 0.15) is 0 Å². The van der Waals surface area contributed by atoms with Crippen LogP contribution < -0.4 is 5.32 Å². The minimum absolute atomic E-state index is 0.529. The lowest BCUT2D eigenvalue weighted by Crippen LogP contribution is -2.44. The largest absolute Gasteiger partial charge is 0.376 e. The molecule has 2 fully saturated rings. The minimum Gasteiger partial charge on any atom is -0.376 e. The molecule has 1 saturated heterocycles. The van der Waals surface area contributed by atoms with Crippen molar-refractivity contribution in [1.29, 1.82) is 0 Å². The third-order valence-corrected chi connectivity index (χ3v) is 4.55. The molecule has 1 aliphatic carbocycles. The highest BCUT2D eigenvalue weighted by molar-refractivity contribution is 4.94. The van der Waals surface area contributed by atoms with E-state index in [0.29, 0.717) is 18.2 Å². The van der Waals surface area contributed by atoms with Gasteiger partial charge in [0.05, 0.1) is 6.10 Å². The zero-order valence-corrected chi connectivity index (χ0v) is 11.7. The maximum absolute atomic E-state index is 5.90. The van der Waals surface area contributed by atoms with Gasteiger partial charge in [-0.1, -0.05) is 27.2 Å². The van der Waals surface area contributed by atoms with Gasteiger partial charge >= 0.3 is 0 Å². The molecule has 1 heterocycles. The lowest BCUT2D eigenvalue weighted by Gasteiger charge is -2.27. The van der Waals surface area contributed by atoms with Crippen molar-refractivity contribution in [3.8, 4) is 0 Å². The molecule has 1 aliphatic heterocycles. The SMILES string of the molecule is CCC(C)CC(CC)NC1CCOC1C1CC1. The quantitative estimate of drug-likeness (QED) is 0.735. The van der Waals surface area contributed by atoms with E-state index in [2.05, 4.69) is 26.1 Å². The zero-order chi connectivity index (χ0) is 12.3. The Bertz CT molecular complexity index is 227. The molecule has 2 heteroatoms. The molecule has 2 nitrogen and oxygen atoms in total. The normalized spacial score (nSPS) is 32.6. The van der Waals surface area contributed by atoms with Crippen molar-refractivity contribution in [2.75, 3.05) is 6.61 Å². The van der Waals surface area contributed by atoms with Gasteiger partial charge in [0.2, 0.25) is 0 Å². The molecule has 0 radical (unpaired) electrons. The van der Waals surface area contributed by atoms with Gasteiger partial charge in [-0.05, 0) is 43.9 Å². The first-order chi connectivity index (χ1) is 8.24. The summed E-state index contributed by atoms with van der Waals surface area (Å²) in [6.07, 6.45) is 8.40. The number of rotatable bonds is 7. The van der Waals surface area contributed by atoms with Crippen molar-refractivity contribution in [2.45, 2.75) is 77.5 Å². The van der Waals surface area contributed by atoms with Crippen LogP contribution in [0, 0.1) is 11.8 Å². The van der Waals surface area contributed by atoms with E-state index in [-0.39, 0.29) is 0 Å². The zero-order valence-electron chi connectivity index (χ0n) is 11.7. The topological polar surface area (TPSA) is 21.3 Å². The second kappa shape index (κ2) is 6.19. The van der Waals surface area contributed by atoms with E-state index in [1.807, 2.05) is 0 Å². The van der Waals surface area contributed by atoms with Crippen LogP contribution in [0.1, 0.15) is 59.3 Å². The van der Waals surface area contributed by atoms with E-state index >= 15 is 0 Å². The molecule has 2 rings (SSSR count). The molecule has 0 aromatic rings. The fraction of sp³-hybridized carbons (Fsp3) is 1.00. The molecular formula is C15H29NO. The lowest BCUT2D eigenvalue weighted by atomic mass is 9.96. The van der Waals surface area contributed by atoms with Crippen LogP contribution in [0.5, 0.6) is 0 Å². The Kier molecular flexibility index (Phi) is 4.87. The van der Waals surface area contributed by atoms with Gasteiger partial charge < -0.3 is 10.1 Å². The van der Waals surface area contributed by atoms with Crippen LogP contribution in [-0.4, -0.2) is 24.8 Å². The van der Waals surface area contributed by atoms with E-state index in [1.54, 1.807) is 0 Å². The Morgan fingerprint density at radius 1 is 1.18 bits per heavy atom. The van der Waals surface area contributed by atoms with E-state index < -0.39 is 0 Å². The maximum atomic E-state index is 5.90. The number of ether oxygens (including phenoxy) is 1. The average molecular weight is 239 g/mol. The average Bonchev–Trinajstić information content (AvgIpc) is 3.09. The van der Waals surface area contributed by atoms with E-state index in [4.69, 9.17) is 4.74 Å². The van der Waals surface area contributed by atoms with Crippen LogP contribution >= 0.6 is 0 Å². The Morgan fingerprint density at radius 3 is 2.53 bits per heavy atom. The van der Waals surface area contributed by atoms with Gasteiger partial charge in [0.25, 0.3) is 0 Å². The van der Waals surface area contributed by atoms with Crippen molar-refractivity contribution in [2.24, 2.45) is 11.8 Å². The second-order valence-electron chi connectivity index (χ2n) is 6.09. The lowest BCUT2D eigenvalue weighted by molar-refractivity contribution is 0.0779. The number of hydrogen-bond acceptors (Lipinski definition) is 2. The third kappa shape index (κ3) is 3.69. The van der Waals surface area contributed by atoms with Crippen LogP contribution in [0.15, 0.2) is 0 Å². The first-order valence-corrected chi connectivity index (χ1v) is 7.62. The fourth-order valence-electron chi connectivity index (χ4n) is 2.99. The molecule has 1 N–H and O–H groups in total. The van der Waals surface area contributed by atoms with Crippen LogP contribution in [0.2, 0.25) is 0 Å². The molecule has 17 heavy (non-hydrogen) atoms. The molecule has 0 spiro atoms. The minimum atomic E-state index is 0.529. The van der Waals surface area contributed by atoms with E-state index in [0.717, 1.165) is 18.4 Å². The number of nitrogens with one attached hydrogen (secondary N) is 1. The summed E-state index contributed by atoms with van der Waals surface area (Å²) in [5.74, 6) is 1.71. The molecule has 4 atom stereocenters. The summed E-state index contributed by atoms with van der Waals surface area (Å²) in [5.41, 5.74) is 0. The molecule has 0 aromatic carbocycles. The Hall–Kier alpha value is -0.0800. The van der Waals surface area contributed by atoms with Gasteiger partial charge in [-0.25, -0.2) is 0 Å². The summed E-state index contributed by atoms with van der Waals surface area (Å²) >= 11 is 0. The Labute approximate surface area is 107 Å². The summed E-state index contributed by atoms with van der Waals surface area (Å²) in [7, 11) is 0. The van der Waals surface area contributed by atoms with Crippen LogP contribution in [-0.2, 0) is 4.74 Å². The van der Waals surface area contributed by atoms with Gasteiger partial charge in [-0.15, -0.1) is 0 Å². The first kappa shape index (κ1) is 13.4. The first-order valence-electron chi connectivity index (χ1n) is 7.62. The van der Waals surface area contributed by atoms with Gasteiger partial charge in [-0.3, -0.25) is 0 Å². The molecule has 0 bridgehead atoms. The monoisotopic (exact) mass is 239 g/mol. The second-order valence-corrected chi connectivity index (χ2v) is 6.09. The van der Waals surface area contributed by atoms with Crippen molar-refractivity contribution in [3.05, 3.63) is 0 Å². The van der Waals surface area contributed by atoms with Gasteiger partial charge in [-0.2, -0.15) is 0 Å². The fourth-order valence-corrected chi connectivity index (χ4v) is 2.99. The van der Waals surface area contributed by atoms with Crippen molar-refractivity contribution in [3.63, 3.8) is 0 Å². The van der Waals surface area contributed by atoms with Crippen LogP contribution in [0.3, 0.4) is 0 Å². The molecular weight excluding hydrogens is 210 g/mol. The highest BCUT2D eigenvalue weighted by Crippen LogP contribution is 2.39. The molecule has 100 valence electrons. The van der Waals surface area contributed by atoms with Crippen LogP contribution in [0.25, 0.3) is 0 Å². The summed E-state index contributed by atoms with van der Waals surface area (Å²) in [6.45, 7) is 7.94. The van der Waals surface area contributed by atoms with Gasteiger partial charge in [0.15, 0.2) is 0 Å². The molecule has 0 amide bonds. The molecule has 2 aliphatic rings. The predicted octanol–water partition coefficient (Wildman–Crippen LogP) is 3.36. The van der Waals surface area contributed by atoms with Crippen molar-refractivity contribution < 1.29 is 4.74 Å². The number of hydrogen-bond donors (Lipinski definition) is 1. The molecule has 4 unspecified atom stereocenters. The summed E-state index contributed by atoms with van der Waals surface area (Å²) in [4.78, 5) is 0. The predicted molar refractivity (Wildman–Crippen MR) is 72.2 cm³/mol. The summed E-state index contributed by atoms with van der Waals surface area (Å²) in [6, 6.07) is 1.33.